The van der Waals surface area contributed by atoms with Gasteiger partial charge in [0.25, 0.3) is 0 Å². The molecule has 4 heteroatoms. The van der Waals surface area contributed by atoms with Gasteiger partial charge < -0.3 is 0 Å². The monoisotopic (exact) mass is 227 g/mol. The first-order chi connectivity index (χ1) is 6.79. The Kier molecular flexibility index (Phi) is 3.26. The predicted octanol–water partition coefficient (Wildman–Crippen LogP) is 1.98. The van der Waals surface area contributed by atoms with Crippen molar-refractivity contribution in [2.45, 2.75) is 6.04 Å². The summed E-state index contributed by atoms with van der Waals surface area (Å²) in [6.45, 7) is 1.02. The molecule has 2 nitrogen and oxygen atoms in total. The molecule has 2 heterocycles. The van der Waals surface area contributed by atoms with Gasteiger partial charge in [0.2, 0.25) is 0 Å². The van der Waals surface area contributed by atoms with Gasteiger partial charge in [-0.15, -0.1) is 11.3 Å². The van der Waals surface area contributed by atoms with Gasteiger partial charge in [-0.2, -0.15) is 11.8 Å². The Morgan fingerprint density at radius 3 is 3.14 bits per heavy atom. The number of hydrogen-bond donors (Lipinski definition) is 0. The second-order valence-electron chi connectivity index (χ2n) is 3.41. The number of thiophene rings is 1. The van der Waals surface area contributed by atoms with Gasteiger partial charge in [-0.25, -0.2) is 0 Å². The highest BCUT2D eigenvalue weighted by Crippen LogP contribution is 2.20. The lowest BCUT2D eigenvalue weighted by molar-refractivity contribution is 0.0879. The third kappa shape index (κ3) is 2.02. The van der Waals surface area contributed by atoms with Gasteiger partial charge in [0.15, 0.2) is 5.78 Å². The Morgan fingerprint density at radius 2 is 2.50 bits per heavy atom. The molecule has 1 aliphatic heterocycles. The lowest BCUT2D eigenvalue weighted by atomic mass is 10.1. The van der Waals surface area contributed by atoms with Crippen molar-refractivity contribution in [2.75, 3.05) is 25.1 Å². The SMILES string of the molecule is CN1CCSCC1C(=O)c1cccs1. The molecular weight excluding hydrogens is 214 g/mol. The first-order valence-corrected chi connectivity index (χ1v) is 6.68. The molecule has 0 radical (unpaired) electrons. The number of carbonyl (C=O) groups is 1. The van der Waals surface area contributed by atoms with Crippen molar-refractivity contribution in [1.29, 1.82) is 0 Å². The standard InChI is InChI=1S/C10H13NOS2/c1-11-4-6-13-7-8(11)10(12)9-3-2-5-14-9/h2-3,5,8H,4,6-7H2,1H3. The Morgan fingerprint density at radius 1 is 1.64 bits per heavy atom. The van der Waals surface area contributed by atoms with E-state index in [-0.39, 0.29) is 11.8 Å². The Balaban J connectivity index is 2.10. The summed E-state index contributed by atoms with van der Waals surface area (Å²) < 4.78 is 0. The topological polar surface area (TPSA) is 20.3 Å². The van der Waals surface area contributed by atoms with E-state index in [0.29, 0.717) is 0 Å². The first kappa shape index (κ1) is 10.2. The molecule has 1 unspecified atom stereocenters. The smallest absolute Gasteiger partial charge is 0.190 e. The molecule has 1 fully saturated rings. The van der Waals surface area contributed by atoms with Gasteiger partial charge in [-0.3, -0.25) is 9.69 Å². The molecule has 0 amide bonds. The largest absolute Gasteiger partial charge is 0.295 e. The van der Waals surface area contributed by atoms with Crippen molar-refractivity contribution in [3.8, 4) is 0 Å². The molecule has 1 aliphatic rings. The fourth-order valence-electron chi connectivity index (χ4n) is 1.55. The van der Waals surface area contributed by atoms with Crippen LogP contribution in [0.25, 0.3) is 0 Å². The van der Waals surface area contributed by atoms with E-state index in [1.807, 2.05) is 36.3 Å². The van der Waals surface area contributed by atoms with Crippen molar-refractivity contribution >= 4 is 28.9 Å². The molecule has 1 aromatic rings. The zero-order valence-corrected chi connectivity index (χ0v) is 9.74. The molecule has 1 saturated heterocycles. The number of rotatable bonds is 2. The molecule has 0 aromatic carbocycles. The van der Waals surface area contributed by atoms with Crippen LogP contribution < -0.4 is 0 Å². The van der Waals surface area contributed by atoms with Gasteiger partial charge in [-0.05, 0) is 18.5 Å². The summed E-state index contributed by atoms with van der Waals surface area (Å²) in [6.07, 6.45) is 0. The third-order valence-electron chi connectivity index (χ3n) is 2.46. The van der Waals surface area contributed by atoms with E-state index >= 15 is 0 Å². The Hall–Kier alpha value is -0.320. The lowest BCUT2D eigenvalue weighted by Crippen LogP contribution is -2.44. The van der Waals surface area contributed by atoms with Crippen LogP contribution in [0.3, 0.4) is 0 Å². The van der Waals surface area contributed by atoms with Gasteiger partial charge in [0.05, 0.1) is 10.9 Å². The average Bonchev–Trinajstić information content (AvgIpc) is 2.70. The molecular formula is C10H13NOS2. The molecule has 1 atom stereocenters. The van der Waals surface area contributed by atoms with Gasteiger partial charge >= 0.3 is 0 Å². The van der Waals surface area contributed by atoms with Crippen LogP contribution in [0.2, 0.25) is 0 Å². The van der Waals surface area contributed by atoms with E-state index in [9.17, 15) is 4.79 Å². The predicted molar refractivity (Wildman–Crippen MR) is 62.4 cm³/mol. The van der Waals surface area contributed by atoms with Crippen LogP contribution in [0.1, 0.15) is 9.67 Å². The van der Waals surface area contributed by atoms with E-state index in [0.717, 1.165) is 22.9 Å². The minimum atomic E-state index is 0.0902. The quantitative estimate of drug-likeness (QED) is 0.721. The molecule has 0 aliphatic carbocycles. The van der Waals surface area contributed by atoms with Crippen LogP contribution in [0.5, 0.6) is 0 Å². The Labute approximate surface area is 92.3 Å². The summed E-state index contributed by atoms with van der Waals surface area (Å²) in [5, 5.41) is 1.96. The fourth-order valence-corrected chi connectivity index (χ4v) is 3.47. The zero-order valence-electron chi connectivity index (χ0n) is 8.10. The van der Waals surface area contributed by atoms with Crippen LogP contribution in [0.4, 0.5) is 0 Å². The molecule has 14 heavy (non-hydrogen) atoms. The molecule has 0 saturated carbocycles. The number of hydrogen-bond acceptors (Lipinski definition) is 4. The highest BCUT2D eigenvalue weighted by atomic mass is 32.2. The van der Waals surface area contributed by atoms with E-state index < -0.39 is 0 Å². The average molecular weight is 227 g/mol. The normalized spacial score (nSPS) is 23.6. The van der Waals surface area contributed by atoms with Crippen LogP contribution in [-0.2, 0) is 0 Å². The van der Waals surface area contributed by atoms with E-state index in [1.165, 1.54) is 0 Å². The summed E-state index contributed by atoms with van der Waals surface area (Å²) in [4.78, 5) is 15.1. The molecule has 76 valence electrons. The van der Waals surface area contributed by atoms with Crippen molar-refractivity contribution in [2.24, 2.45) is 0 Å². The highest BCUT2D eigenvalue weighted by molar-refractivity contribution is 7.99. The summed E-state index contributed by atoms with van der Waals surface area (Å²) in [6, 6.07) is 3.95. The molecule has 0 bridgehead atoms. The molecule has 1 aromatic heterocycles. The number of thioether (sulfide) groups is 1. The summed E-state index contributed by atoms with van der Waals surface area (Å²) in [7, 11) is 2.04. The van der Waals surface area contributed by atoms with Gasteiger partial charge in [0, 0.05) is 18.1 Å². The minimum Gasteiger partial charge on any atom is -0.295 e. The van der Waals surface area contributed by atoms with E-state index in [2.05, 4.69) is 4.90 Å². The number of Topliss-reactive ketones (excluding diaryl/α,β-unsaturated/α-hetero) is 1. The molecule has 2 rings (SSSR count). The van der Waals surface area contributed by atoms with Crippen molar-refractivity contribution in [1.82, 2.24) is 4.90 Å². The highest BCUT2D eigenvalue weighted by Gasteiger charge is 2.27. The summed E-state index contributed by atoms with van der Waals surface area (Å²) >= 11 is 3.42. The van der Waals surface area contributed by atoms with Crippen LogP contribution in [0, 0.1) is 0 Å². The maximum Gasteiger partial charge on any atom is 0.190 e. The third-order valence-corrected chi connectivity index (χ3v) is 4.37. The zero-order chi connectivity index (χ0) is 9.97. The van der Waals surface area contributed by atoms with Gasteiger partial charge in [-0.1, -0.05) is 6.07 Å². The summed E-state index contributed by atoms with van der Waals surface area (Å²) in [5.74, 6) is 2.37. The fraction of sp³-hybridized carbons (Fsp3) is 0.500. The number of likely N-dealkylation sites (N-methyl/N-ethyl adjacent to an activating group) is 1. The number of nitrogens with zero attached hydrogens (tertiary/aromatic N) is 1. The maximum atomic E-state index is 12.0. The van der Waals surface area contributed by atoms with Crippen molar-refractivity contribution in [3.63, 3.8) is 0 Å². The summed E-state index contributed by atoms with van der Waals surface area (Å²) in [5.41, 5.74) is 0. The number of carbonyl (C=O) groups excluding carboxylic acids is 1. The van der Waals surface area contributed by atoms with Crippen molar-refractivity contribution in [3.05, 3.63) is 22.4 Å². The minimum absolute atomic E-state index is 0.0902. The van der Waals surface area contributed by atoms with Crippen LogP contribution >= 0.6 is 23.1 Å². The molecule has 0 N–H and O–H groups in total. The van der Waals surface area contributed by atoms with Crippen LogP contribution in [-0.4, -0.2) is 41.8 Å². The molecule has 0 spiro atoms. The maximum absolute atomic E-state index is 12.0. The lowest BCUT2D eigenvalue weighted by Gasteiger charge is -2.30. The van der Waals surface area contributed by atoms with Crippen LogP contribution in [0.15, 0.2) is 17.5 Å². The first-order valence-electron chi connectivity index (χ1n) is 4.65. The van der Waals surface area contributed by atoms with E-state index in [1.54, 1.807) is 11.3 Å². The second kappa shape index (κ2) is 4.47. The van der Waals surface area contributed by atoms with Crippen molar-refractivity contribution < 1.29 is 4.79 Å². The van der Waals surface area contributed by atoms with E-state index in [4.69, 9.17) is 0 Å². The Bertz CT molecular complexity index is 310. The van der Waals surface area contributed by atoms with Gasteiger partial charge in [0.1, 0.15) is 0 Å². The second-order valence-corrected chi connectivity index (χ2v) is 5.51. The number of ketones is 1.